The summed E-state index contributed by atoms with van der Waals surface area (Å²) in [6.45, 7) is -2.01. The Morgan fingerprint density at radius 2 is 1.75 bits per heavy atom. The van der Waals surface area contributed by atoms with E-state index in [1.54, 1.807) is 0 Å². The molecule has 0 rings (SSSR count). The van der Waals surface area contributed by atoms with E-state index in [-0.39, 0.29) is 0 Å². The standard InChI is InChI=1S/C6H13O9P/c7-1-3(8)5(10)6(11)4(9)2-15-16(12,13)14/h3,5-8,10-11H,1-2H2,(H2,12,13,14)/t3?,5-,6+/m1/s1. The third-order valence-electron chi connectivity index (χ3n) is 1.61. The Labute approximate surface area is 90.2 Å². The zero-order valence-electron chi connectivity index (χ0n) is 8.00. The fourth-order valence-corrected chi connectivity index (χ4v) is 1.04. The van der Waals surface area contributed by atoms with Crippen molar-refractivity contribution < 1.29 is 44.1 Å². The minimum absolute atomic E-state index is 0.884. The van der Waals surface area contributed by atoms with Gasteiger partial charge in [0.2, 0.25) is 0 Å². The maximum atomic E-state index is 11.0. The lowest BCUT2D eigenvalue weighted by Crippen LogP contribution is -2.45. The highest BCUT2D eigenvalue weighted by atomic mass is 31.2. The summed E-state index contributed by atoms with van der Waals surface area (Å²) in [5, 5.41) is 35.4. The molecule has 6 N–H and O–H groups in total. The van der Waals surface area contributed by atoms with Crippen molar-refractivity contribution in [3.63, 3.8) is 0 Å². The van der Waals surface area contributed by atoms with Gasteiger partial charge in [-0.15, -0.1) is 0 Å². The number of hydrogen-bond acceptors (Lipinski definition) is 7. The zero-order chi connectivity index (χ0) is 12.9. The van der Waals surface area contributed by atoms with Gasteiger partial charge < -0.3 is 30.2 Å². The number of carbonyl (C=O) groups is 1. The number of phosphoric ester groups is 1. The fourth-order valence-electron chi connectivity index (χ4n) is 0.742. The number of Topliss-reactive ketones (excluding diaryl/α,β-unsaturated/α-hetero) is 1. The van der Waals surface area contributed by atoms with Gasteiger partial charge in [0.15, 0.2) is 5.78 Å². The lowest BCUT2D eigenvalue weighted by Gasteiger charge is -2.20. The predicted molar refractivity (Wildman–Crippen MR) is 48.1 cm³/mol. The van der Waals surface area contributed by atoms with Crippen LogP contribution in [0.25, 0.3) is 0 Å². The second-order valence-corrected chi connectivity index (χ2v) is 4.16. The van der Waals surface area contributed by atoms with Crippen molar-refractivity contribution in [3.8, 4) is 0 Å². The summed E-state index contributed by atoms with van der Waals surface area (Å²) in [4.78, 5) is 27.5. The van der Waals surface area contributed by atoms with Crippen molar-refractivity contribution in [2.75, 3.05) is 13.2 Å². The molecule has 0 aliphatic carbocycles. The van der Waals surface area contributed by atoms with Crippen molar-refractivity contribution in [2.45, 2.75) is 18.3 Å². The molecule has 0 radical (unpaired) electrons. The van der Waals surface area contributed by atoms with Crippen molar-refractivity contribution in [1.29, 1.82) is 0 Å². The SMILES string of the molecule is O=C(COP(=O)(O)O)[C@H](O)[C@H](O)C(O)CO. The van der Waals surface area contributed by atoms with Gasteiger partial charge in [-0.05, 0) is 0 Å². The Morgan fingerprint density at radius 1 is 1.25 bits per heavy atom. The molecule has 0 aliphatic rings. The van der Waals surface area contributed by atoms with Crippen LogP contribution in [-0.4, -0.2) is 67.5 Å². The first-order valence-corrected chi connectivity index (χ1v) is 5.60. The Bertz CT molecular complexity index is 273. The first-order valence-electron chi connectivity index (χ1n) is 4.07. The average molecular weight is 260 g/mol. The van der Waals surface area contributed by atoms with Crippen LogP contribution in [0.4, 0.5) is 0 Å². The van der Waals surface area contributed by atoms with Crippen LogP contribution in [0.15, 0.2) is 0 Å². The molecule has 0 saturated heterocycles. The van der Waals surface area contributed by atoms with Crippen molar-refractivity contribution in [2.24, 2.45) is 0 Å². The van der Waals surface area contributed by atoms with Crippen molar-refractivity contribution in [1.82, 2.24) is 0 Å². The van der Waals surface area contributed by atoms with Crippen LogP contribution in [0.3, 0.4) is 0 Å². The molecule has 0 heterocycles. The molecule has 16 heavy (non-hydrogen) atoms. The molecule has 0 bridgehead atoms. The summed E-state index contributed by atoms with van der Waals surface area (Å²) in [6, 6.07) is 0. The molecular weight excluding hydrogens is 247 g/mol. The number of rotatable bonds is 7. The maximum absolute atomic E-state index is 11.0. The summed E-state index contributed by atoms with van der Waals surface area (Å²) < 4.78 is 14.0. The van der Waals surface area contributed by atoms with Crippen LogP contribution < -0.4 is 0 Å². The number of aliphatic hydroxyl groups is 4. The van der Waals surface area contributed by atoms with Gasteiger partial charge in [-0.2, -0.15) is 0 Å². The van der Waals surface area contributed by atoms with Crippen molar-refractivity contribution in [3.05, 3.63) is 0 Å². The molecule has 0 aliphatic heterocycles. The van der Waals surface area contributed by atoms with E-state index in [0.29, 0.717) is 0 Å². The van der Waals surface area contributed by atoms with Crippen LogP contribution in [0.2, 0.25) is 0 Å². The number of hydrogen-bond donors (Lipinski definition) is 6. The second kappa shape index (κ2) is 6.38. The number of ketones is 1. The molecule has 0 aromatic heterocycles. The molecule has 0 aromatic rings. The molecule has 0 aromatic carbocycles. The molecule has 9 nitrogen and oxygen atoms in total. The Morgan fingerprint density at radius 3 is 2.12 bits per heavy atom. The summed E-state index contributed by atoms with van der Waals surface area (Å²) in [6.07, 6.45) is -5.81. The van der Waals surface area contributed by atoms with Crippen LogP contribution in [0.1, 0.15) is 0 Å². The molecule has 0 fully saturated rings. The third kappa shape index (κ3) is 5.64. The minimum atomic E-state index is -4.85. The molecule has 96 valence electrons. The van der Waals surface area contributed by atoms with Crippen LogP contribution in [0, 0.1) is 0 Å². The van der Waals surface area contributed by atoms with Gasteiger partial charge in [0.05, 0.1) is 6.61 Å². The molecule has 0 saturated carbocycles. The Kier molecular flexibility index (Phi) is 6.23. The highest BCUT2D eigenvalue weighted by Crippen LogP contribution is 2.35. The normalized spacial score (nSPS) is 17.9. The van der Waals surface area contributed by atoms with E-state index < -0.39 is 45.1 Å². The number of carbonyl (C=O) groups excluding carboxylic acids is 1. The quantitative estimate of drug-likeness (QED) is 0.258. The minimum Gasteiger partial charge on any atom is -0.394 e. The zero-order valence-corrected chi connectivity index (χ0v) is 8.90. The van der Waals surface area contributed by atoms with Gasteiger partial charge in [0.25, 0.3) is 0 Å². The van der Waals surface area contributed by atoms with E-state index in [1.165, 1.54) is 0 Å². The van der Waals surface area contributed by atoms with Gasteiger partial charge in [-0.1, -0.05) is 0 Å². The average Bonchev–Trinajstić information content (AvgIpc) is 2.21. The summed E-state index contributed by atoms with van der Waals surface area (Å²) in [5.41, 5.74) is 0. The summed E-state index contributed by atoms with van der Waals surface area (Å²) >= 11 is 0. The molecule has 0 amide bonds. The predicted octanol–water partition coefficient (Wildman–Crippen LogP) is -3.26. The van der Waals surface area contributed by atoms with Gasteiger partial charge in [0.1, 0.15) is 24.9 Å². The Balaban J connectivity index is 4.23. The topological polar surface area (TPSA) is 165 Å². The highest BCUT2D eigenvalue weighted by Gasteiger charge is 2.31. The van der Waals surface area contributed by atoms with E-state index in [0.717, 1.165) is 0 Å². The highest BCUT2D eigenvalue weighted by molar-refractivity contribution is 7.46. The van der Waals surface area contributed by atoms with E-state index in [9.17, 15) is 9.36 Å². The smallest absolute Gasteiger partial charge is 0.394 e. The van der Waals surface area contributed by atoms with E-state index in [4.69, 9.17) is 30.2 Å². The third-order valence-corrected chi connectivity index (χ3v) is 2.08. The van der Waals surface area contributed by atoms with Crippen LogP contribution in [-0.2, 0) is 13.9 Å². The van der Waals surface area contributed by atoms with Gasteiger partial charge in [0, 0.05) is 0 Å². The van der Waals surface area contributed by atoms with Gasteiger partial charge in [-0.25, -0.2) is 4.57 Å². The maximum Gasteiger partial charge on any atom is 0.470 e. The van der Waals surface area contributed by atoms with E-state index >= 15 is 0 Å². The van der Waals surface area contributed by atoms with Gasteiger partial charge >= 0.3 is 7.82 Å². The van der Waals surface area contributed by atoms with Crippen LogP contribution in [0.5, 0.6) is 0 Å². The lowest BCUT2D eigenvalue weighted by molar-refractivity contribution is -0.142. The fraction of sp³-hybridized carbons (Fsp3) is 0.833. The molecular formula is C6H13O9P. The Hall–Kier alpha value is -0.380. The number of phosphoric acid groups is 1. The lowest BCUT2D eigenvalue weighted by atomic mass is 10.1. The first-order chi connectivity index (χ1) is 7.19. The molecule has 0 spiro atoms. The van der Waals surface area contributed by atoms with Crippen molar-refractivity contribution >= 4 is 13.6 Å². The summed E-state index contributed by atoms with van der Waals surface area (Å²) in [5.74, 6) is -1.23. The van der Waals surface area contributed by atoms with Gasteiger partial charge in [-0.3, -0.25) is 9.32 Å². The molecule has 10 heteroatoms. The number of aliphatic hydroxyl groups excluding tert-OH is 4. The second-order valence-electron chi connectivity index (χ2n) is 2.92. The molecule has 3 atom stereocenters. The molecule has 1 unspecified atom stereocenters. The van der Waals surface area contributed by atoms with E-state index in [1.807, 2.05) is 0 Å². The van der Waals surface area contributed by atoms with Crippen LogP contribution >= 0.6 is 7.82 Å². The van der Waals surface area contributed by atoms with E-state index in [2.05, 4.69) is 4.52 Å². The summed E-state index contributed by atoms with van der Waals surface area (Å²) in [7, 11) is -4.85. The largest absolute Gasteiger partial charge is 0.470 e. The first kappa shape index (κ1) is 15.6. The monoisotopic (exact) mass is 260 g/mol.